The minimum Gasteiger partial charge on any atom is -0.395 e. The summed E-state index contributed by atoms with van der Waals surface area (Å²) in [4.78, 5) is 0. The molecular formula is C4H9ClO3S. The van der Waals surface area contributed by atoms with Crippen molar-refractivity contribution in [1.29, 1.82) is 0 Å². The number of sulfone groups is 1. The Labute approximate surface area is 59.6 Å². The van der Waals surface area contributed by atoms with E-state index in [0.29, 0.717) is 0 Å². The van der Waals surface area contributed by atoms with Crippen molar-refractivity contribution in [1.82, 2.24) is 0 Å². The maximum atomic E-state index is 10.4. The van der Waals surface area contributed by atoms with E-state index in [1.54, 1.807) is 0 Å². The standard InChI is InChI=1S/C4H9ClO3S/c1-9(7,8)3-4(5)2-6/h4,6H,2-3H2,1H3. The fraction of sp³-hybridized carbons (Fsp3) is 1.00. The molecule has 56 valence electrons. The lowest BCUT2D eigenvalue weighted by Crippen LogP contribution is -2.17. The molecule has 0 aromatic heterocycles. The topological polar surface area (TPSA) is 54.4 Å². The third kappa shape index (κ3) is 6.08. The van der Waals surface area contributed by atoms with E-state index >= 15 is 0 Å². The molecule has 0 aliphatic carbocycles. The van der Waals surface area contributed by atoms with Crippen molar-refractivity contribution in [2.75, 3.05) is 18.6 Å². The van der Waals surface area contributed by atoms with Gasteiger partial charge in [-0.3, -0.25) is 0 Å². The average molecular weight is 173 g/mol. The van der Waals surface area contributed by atoms with Crippen molar-refractivity contribution in [3.05, 3.63) is 0 Å². The van der Waals surface area contributed by atoms with Gasteiger partial charge in [-0.1, -0.05) is 0 Å². The largest absolute Gasteiger partial charge is 0.395 e. The van der Waals surface area contributed by atoms with Crippen molar-refractivity contribution in [3.63, 3.8) is 0 Å². The Balaban J connectivity index is 3.75. The molecule has 0 aromatic rings. The van der Waals surface area contributed by atoms with Crippen LogP contribution < -0.4 is 0 Å². The molecule has 0 saturated heterocycles. The molecule has 1 unspecified atom stereocenters. The van der Waals surface area contributed by atoms with E-state index in [1.165, 1.54) is 0 Å². The number of hydrogen-bond acceptors (Lipinski definition) is 3. The van der Waals surface area contributed by atoms with Crippen LogP contribution in [0.5, 0.6) is 0 Å². The molecule has 0 heterocycles. The monoisotopic (exact) mass is 172 g/mol. The van der Waals surface area contributed by atoms with Gasteiger partial charge in [0.05, 0.1) is 17.7 Å². The van der Waals surface area contributed by atoms with Crippen LogP contribution in [-0.2, 0) is 9.84 Å². The van der Waals surface area contributed by atoms with E-state index in [1.807, 2.05) is 0 Å². The summed E-state index contributed by atoms with van der Waals surface area (Å²) in [6.45, 7) is -0.297. The Hall–Kier alpha value is 0.200. The lowest BCUT2D eigenvalue weighted by molar-refractivity contribution is 0.298. The van der Waals surface area contributed by atoms with Gasteiger partial charge in [-0.05, 0) is 0 Å². The van der Waals surface area contributed by atoms with E-state index in [0.717, 1.165) is 6.26 Å². The molecule has 0 radical (unpaired) electrons. The van der Waals surface area contributed by atoms with Crippen molar-refractivity contribution in [2.24, 2.45) is 0 Å². The highest BCUT2D eigenvalue weighted by Gasteiger charge is 2.10. The summed E-state index contributed by atoms with van der Waals surface area (Å²) in [6.07, 6.45) is 1.08. The normalized spacial score (nSPS) is 15.4. The van der Waals surface area contributed by atoms with Crippen LogP contribution in [0.15, 0.2) is 0 Å². The fourth-order valence-electron chi connectivity index (χ4n) is 0.381. The van der Waals surface area contributed by atoms with Gasteiger partial charge in [0.2, 0.25) is 0 Å². The SMILES string of the molecule is CS(=O)(=O)CC(Cl)CO. The summed E-state index contributed by atoms with van der Waals surface area (Å²) >= 11 is 5.32. The number of alkyl halides is 1. The first kappa shape index (κ1) is 9.20. The summed E-state index contributed by atoms with van der Waals surface area (Å²) in [7, 11) is -3.03. The van der Waals surface area contributed by atoms with Gasteiger partial charge >= 0.3 is 0 Å². The zero-order valence-corrected chi connectivity index (χ0v) is 6.61. The fourth-order valence-corrected chi connectivity index (χ4v) is 1.83. The molecule has 3 nitrogen and oxygen atoms in total. The molecule has 0 bridgehead atoms. The van der Waals surface area contributed by atoms with Gasteiger partial charge in [0.15, 0.2) is 0 Å². The van der Waals surface area contributed by atoms with Crippen molar-refractivity contribution < 1.29 is 13.5 Å². The Bertz CT molecular complexity index is 163. The maximum Gasteiger partial charge on any atom is 0.148 e. The summed E-state index contributed by atoms with van der Waals surface area (Å²) < 4.78 is 20.8. The minimum absolute atomic E-state index is 0.162. The highest BCUT2D eigenvalue weighted by molar-refractivity contribution is 7.90. The molecule has 0 rings (SSSR count). The number of hydrogen-bond donors (Lipinski definition) is 1. The third-order valence-corrected chi connectivity index (χ3v) is 2.16. The van der Waals surface area contributed by atoms with Gasteiger partial charge in [0.1, 0.15) is 9.84 Å². The predicted octanol–water partition coefficient (Wildman–Crippen LogP) is -0.369. The van der Waals surface area contributed by atoms with E-state index in [2.05, 4.69) is 0 Å². The second kappa shape index (κ2) is 3.39. The van der Waals surface area contributed by atoms with Crippen molar-refractivity contribution in [2.45, 2.75) is 5.38 Å². The first-order chi connectivity index (χ1) is 3.95. The summed E-state index contributed by atoms with van der Waals surface area (Å²) in [5.74, 6) is -0.162. The van der Waals surface area contributed by atoms with Gasteiger partial charge in [0.25, 0.3) is 0 Å². The Morgan fingerprint density at radius 3 is 2.22 bits per heavy atom. The molecule has 0 aromatic carbocycles. The molecule has 0 amide bonds. The number of aliphatic hydroxyl groups is 1. The third-order valence-electron chi connectivity index (χ3n) is 0.682. The lowest BCUT2D eigenvalue weighted by Gasteiger charge is -2.01. The zero-order chi connectivity index (χ0) is 7.49. The van der Waals surface area contributed by atoms with Crippen LogP contribution in [0.3, 0.4) is 0 Å². The average Bonchev–Trinajstić information content (AvgIpc) is 1.62. The van der Waals surface area contributed by atoms with Gasteiger partial charge < -0.3 is 5.11 Å². The summed E-state index contributed by atoms with van der Waals surface area (Å²) in [5.41, 5.74) is 0. The molecule has 1 atom stereocenters. The summed E-state index contributed by atoms with van der Waals surface area (Å²) in [6, 6.07) is 0. The maximum absolute atomic E-state index is 10.4. The number of rotatable bonds is 3. The number of halogens is 1. The molecule has 0 spiro atoms. The Morgan fingerprint density at radius 2 is 2.11 bits per heavy atom. The van der Waals surface area contributed by atoms with E-state index in [4.69, 9.17) is 16.7 Å². The molecule has 5 heteroatoms. The molecule has 1 N–H and O–H groups in total. The van der Waals surface area contributed by atoms with Crippen molar-refractivity contribution >= 4 is 21.4 Å². The smallest absolute Gasteiger partial charge is 0.148 e. The van der Waals surface area contributed by atoms with Crippen LogP contribution >= 0.6 is 11.6 Å². The Morgan fingerprint density at radius 1 is 1.67 bits per heavy atom. The molecular weight excluding hydrogens is 164 g/mol. The second-order valence-corrected chi connectivity index (χ2v) is 4.67. The van der Waals surface area contributed by atoms with Crippen LogP contribution in [0.2, 0.25) is 0 Å². The molecule has 9 heavy (non-hydrogen) atoms. The molecule has 0 aliphatic rings. The zero-order valence-electron chi connectivity index (χ0n) is 5.04. The highest BCUT2D eigenvalue weighted by Crippen LogP contribution is 1.97. The van der Waals surface area contributed by atoms with Crippen LogP contribution in [-0.4, -0.2) is 37.5 Å². The van der Waals surface area contributed by atoms with Crippen LogP contribution in [0.25, 0.3) is 0 Å². The van der Waals surface area contributed by atoms with Gasteiger partial charge in [-0.25, -0.2) is 8.42 Å². The van der Waals surface area contributed by atoms with Crippen LogP contribution in [0, 0.1) is 0 Å². The molecule has 0 saturated carbocycles. The molecule has 0 fully saturated rings. The van der Waals surface area contributed by atoms with E-state index < -0.39 is 15.2 Å². The van der Waals surface area contributed by atoms with Crippen LogP contribution in [0.4, 0.5) is 0 Å². The van der Waals surface area contributed by atoms with Gasteiger partial charge in [-0.2, -0.15) is 0 Å². The van der Waals surface area contributed by atoms with Gasteiger partial charge in [-0.15, -0.1) is 11.6 Å². The quantitative estimate of drug-likeness (QED) is 0.592. The van der Waals surface area contributed by atoms with Gasteiger partial charge in [0, 0.05) is 6.26 Å². The summed E-state index contributed by atoms with van der Waals surface area (Å²) in [5, 5.41) is 7.64. The lowest BCUT2D eigenvalue weighted by atomic mass is 10.5. The van der Waals surface area contributed by atoms with Crippen molar-refractivity contribution in [3.8, 4) is 0 Å². The Kier molecular flexibility index (Phi) is 3.46. The minimum atomic E-state index is -3.03. The van der Waals surface area contributed by atoms with E-state index in [-0.39, 0.29) is 12.4 Å². The first-order valence-electron chi connectivity index (χ1n) is 2.38. The second-order valence-electron chi connectivity index (χ2n) is 1.87. The highest BCUT2D eigenvalue weighted by atomic mass is 35.5. The first-order valence-corrected chi connectivity index (χ1v) is 4.88. The molecule has 0 aliphatic heterocycles. The predicted molar refractivity (Wildman–Crippen MR) is 36.4 cm³/mol. The van der Waals surface area contributed by atoms with E-state index in [9.17, 15) is 8.42 Å². The number of aliphatic hydroxyl groups excluding tert-OH is 1. The van der Waals surface area contributed by atoms with Crippen LogP contribution in [0.1, 0.15) is 0 Å².